The van der Waals surface area contributed by atoms with Crippen molar-refractivity contribution >= 4 is 65.6 Å². The lowest BCUT2D eigenvalue weighted by atomic mass is 9.91. The van der Waals surface area contributed by atoms with Gasteiger partial charge in [-0.2, -0.15) is 26.3 Å². The number of thiophene rings is 2. The Balaban J connectivity index is 1.47. The smallest absolute Gasteiger partial charge is 0.194 e. The van der Waals surface area contributed by atoms with Gasteiger partial charge >= 0.3 is 17.8 Å². The number of alkyl halides is 6. The van der Waals surface area contributed by atoms with Crippen molar-refractivity contribution in [1.82, 2.24) is 0 Å². The normalized spacial score (nSPS) is 16.9. The second kappa shape index (κ2) is 10.5. The molecular weight excluding hydrogens is 623 g/mol. The van der Waals surface area contributed by atoms with Gasteiger partial charge in [-0.15, -0.1) is 22.7 Å². The zero-order valence-electron chi connectivity index (χ0n) is 24.0. The van der Waals surface area contributed by atoms with Crippen molar-refractivity contribution in [2.75, 3.05) is 0 Å². The van der Waals surface area contributed by atoms with E-state index in [4.69, 9.17) is 0 Å². The number of aryl methyl sites for hydroxylation is 2. The summed E-state index contributed by atoms with van der Waals surface area (Å²) in [6, 6.07) is 31.0. The molecule has 2 aromatic heterocycles. The molecule has 2 heterocycles. The molecule has 0 N–H and O–H groups in total. The molecule has 0 saturated carbocycles. The monoisotopic (exact) mass is 646 g/mol. The summed E-state index contributed by atoms with van der Waals surface area (Å²) in [7, 11) is 0. The lowest BCUT2D eigenvalue weighted by Crippen LogP contribution is -2.48. The van der Waals surface area contributed by atoms with Crippen molar-refractivity contribution in [3.05, 3.63) is 141 Å². The molecule has 1 aliphatic rings. The number of rotatable bonds is 5. The van der Waals surface area contributed by atoms with Gasteiger partial charge in [-0.05, 0) is 54.3 Å². The Bertz CT molecular complexity index is 2110. The van der Waals surface area contributed by atoms with Crippen molar-refractivity contribution in [3.63, 3.8) is 0 Å². The fourth-order valence-corrected chi connectivity index (χ4v) is 8.43. The van der Waals surface area contributed by atoms with Crippen LogP contribution in [-0.4, -0.2) is 17.8 Å². The van der Waals surface area contributed by atoms with Crippen LogP contribution in [0.2, 0.25) is 0 Å². The molecule has 1 aliphatic carbocycles. The maximum absolute atomic E-state index is 15.9. The first-order valence-electron chi connectivity index (χ1n) is 14.2. The van der Waals surface area contributed by atoms with Gasteiger partial charge < -0.3 is 0 Å². The minimum Gasteiger partial charge on any atom is -0.194 e. The van der Waals surface area contributed by atoms with Crippen LogP contribution in [0.15, 0.2) is 103 Å². The second-order valence-corrected chi connectivity index (χ2v) is 13.6. The van der Waals surface area contributed by atoms with Crippen LogP contribution in [0.4, 0.5) is 26.3 Å². The van der Waals surface area contributed by atoms with Crippen molar-refractivity contribution in [2.24, 2.45) is 0 Å². The predicted molar refractivity (Wildman–Crippen MR) is 175 cm³/mol. The van der Waals surface area contributed by atoms with Gasteiger partial charge in [-0.3, -0.25) is 0 Å². The summed E-state index contributed by atoms with van der Waals surface area (Å²) in [4.78, 5) is 0.533. The molecule has 0 bridgehead atoms. The summed E-state index contributed by atoms with van der Waals surface area (Å²) < 4.78 is 94.8. The van der Waals surface area contributed by atoms with Crippen LogP contribution >= 0.6 is 22.7 Å². The fraction of sp³-hybridized carbons (Fsp3) is 0.135. The van der Waals surface area contributed by atoms with Crippen LogP contribution in [-0.2, 0) is 0 Å². The number of allylic oxidation sites excluding steroid dienone is 2. The quantitative estimate of drug-likeness (QED) is 0.129. The average Bonchev–Trinajstić information content (AvgIpc) is 3.55. The molecule has 226 valence electrons. The molecule has 0 unspecified atom stereocenters. The van der Waals surface area contributed by atoms with Crippen molar-refractivity contribution in [1.29, 1.82) is 0 Å². The van der Waals surface area contributed by atoms with Gasteiger partial charge in [0.25, 0.3) is 0 Å². The van der Waals surface area contributed by atoms with Gasteiger partial charge in [0.05, 0.1) is 0 Å². The first-order chi connectivity index (χ1) is 21.4. The van der Waals surface area contributed by atoms with Crippen LogP contribution in [0, 0.1) is 13.8 Å². The van der Waals surface area contributed by atoms with Crippen LogP contribution in [0.1, 0.15) is 37.6 Å². The molecule has 0 amide bonds. The van der Waals surface area contributed by atoms with Crippen LogP contribution in [0.3, 0.4) is 0 Å². The molecule has 6 aromatic rings. The Labute approximate surface area is 263 Å². The minimum absolute atomic E-state index is 0.230. The maximum atomic E-state index is 15.9. The molecule has 45 heavy (non-hydrogen) atoms. The molecule has 7 rings (SSSR count). The average molecular weight is 647 g/mol. The SMILES string of the molecule is Cc1sc2ccccc2c1C1=C(c2c(C)sc3cc(C=C(c4ccccc4)c4ccccc4)ccc23)C(F)(F)C(F)(F)C1(F)F. The van der Waals surface area contributed by atoms with Gasteiger partial charge in [-0.1, -0.05) is 91.0 Å². The topological polar surface area (TPSA) is 0 Å². The van der Waals surface area contributed by atoms with E-state index in [1.165, 1.54) is 19.9 Å². The van der Waals surface area contributed by atoms with E-state index in [1.54, 1.807) is 36.4 Å². The molecule has 0 atom stereocenters. The van der Waals surface area contributed by atoms with Gasteiger partial charge in [0, 0.05) is 52.2 Å². The Morgan fingerprint density at radius 2 is 1.02 bits per heavy atom. The van der Waals surface area contributed by atoms with Gasteiger partial charge in [0.1, 0.15) is 0 Å². The van der Waals surface area contributed by atoms with Gasteiger partial charge in [-0.25, -0.2) is 0 Å². The Morgan fingerprint density at radius 3 is 1.58 bits per heavy atom. The zero-order chi connectivity index (χ0) is 31.7. The molecule has 0 saturated heterocycles. The van der Waals surface area contributed by atoms with Crippen LogP contribution in [0.5, 0.6) is 0 Å². The van der Waals surface area contributed by atoms with E-state index in [-0.39, 0.29) is 31.7 Å². The fourth-order valence-electron chi connectivity index (χ4n) is 6.24. The molecule has 4 aromatic carbocycles. The van der Waals surface area contributed by atoms with Crippen molar-refractivity contribution in [2.45, 2.75) is 31.6 Å². The molecular formula is C37H24F6S2. The Kier molecular flexibility index (Phi) is 6.87. The highest BCUT2D eigenvalue weighted by molar-refractivity contribution is 7.19. The molecule has 0 fully saturated rings. The Hall–Kier alpha value is -4.14. The first-order valence-corrected chi connectivity index (χ1v) is 15.8. The van der Waals surface area contributed by atoms with Crippen LogP contribution in [0.25, 0.3) is 43.0 Å². The molecule has 0 spiro atoms. The van der Waals surface area contributed by atoms with Crippen molar-refractivity contribution in [3.8, 4) is 0 Å². The van der Waals surface area contributed by atoms with Crippen molar-refractivity contribution < 1.29 is 26.3 Å². The van der Waals surface area contributed by atoms with E-state index in [1.807, 2.05) is 66.7 Å². The number of fused-ring (bicyclic) bond motifs is 2. The third-order valence-corrected chi connectivity index (χ3v) is 10.5. The van der Waals surface area contributed by atoms with E-state index in [9.17, 15) is 0 Å². The number of halogens is 6. The van der Waals surface area contributed by atoms with E-state index < -0.39 is 28.9 Å². The highest BCUT2D eigenvalue weighted by Crippen LogP contribution is 2.67. The minimum atomic E-state index is -5.62. The summed E-state index contributed by atoms with van der Waals surface area (Å²) in [6.07, 6.45) is 1.97. The van der Waals surface area contributed by atoms with Gasteiger partial charge in [0.15, 0.2) is 0 Å². The first kappa shape index (κ1) is 29.6. The summed E-state index contributed by atoms with van der Waals surface area (Å²) in [5.41, 5.74) is 0.506. The second-order valence-electron chi connectivity index (χ2n) is 11.1. The third kappa shape index (κ3) is 4.41. The Morgan fingerprint density at radius 1 is 0.556 bits per heavy atom. The zero-order valence-corrected chi connectivity index (χ0v) is 25.6. The lowest BCUT2D eigenvalue weighted by Gasteiger charge is -2.26. The van der Waals surface area contributed by atoms with E-state index >= 15 is 26.3 Å². The van der Waals surface area contributed by atoms with E-state index in [0.29, 0.717) is 9.40 Å². The highest BCUT2D eigenvalue weighted by atomic mass is 32.1. The largest absolute Gasteiger partial charge is 0.380 e. The van der Waals surface area contributed by atoms with E-state index in [0.717, 1.165) is 44.9 Å². The summed E-state index contributed by atoms with van der Waals surface area (Å²) in [5, 5.41) is 0.480. The highest BCUT2D eigenvalue weighted by Gasteiger charge is 2.80. The van der Waals surface area contributed by atoms with Crippen LogP contribution < -0.4 is 0 Å². The summed E-state index contributed by atoms with van der Waals surface area (Å²) in [6.45, 7) is 3.02. The maximum Gasteiger partial charge on any atom is 0.380 e. The molecule has 0 aliphatic heterocycles. The number of hydrogen-bond donors (Lipinski definition) is 0. The molecule has 0 nitrogen and oxygen atoms in total. The number of hydrogen-bond acceptors (Lipinski definition) is 2. The summed E-state index contributed by atoms with van der Waals surface area (Å²) >= 11 is 2.24. The van der Waals surface area contributed by atoms with E-state index in [2.05, 4.69) is 0 Å². The number of benzene rings is 4. The molecule has 0 radical (unpaired) electrons. The summed E-state index contributed by atoms with van der Waals surface area (Å²) in [5.74, 6) is -15.8. The van der Waals surface area contributed by atoms with Gasteiger partial charge in [0.2, 0.25) is 0 Å². The predicted octanol–water partition coefficient (Wildman–Crippen LogP) is 12.2. The lowest BCUT2D eigenvalue weighted by molar-refractivity contribution is -0.254. The third-order valence-electron chi connectivity index (χ3n) is 8.31. The standard InChI is InChI=1S/C37H24F6S2/c1-21-31(26-15-9-10-16-29(26)44-21)33-34(36(40,41)37(42,43)35(33,38)39)32-22(2)45-30-20-23(17-18-27(30)32)19-28(24-11-5-3-6-12-24)25-13-7-4-8-14-25/h3-20H,1-2H3. The molecule has 8 heteroatoms.